The van der Waals surface area contributed by atoms with Crippen molar-refractivity contribution in [2.45, 2.75) is 38.8 Å². The molecule has 2 heterocycles. The van der Waals surface area contributed by atoms with Crippen molar-refractivity contribution in [3.05, 3.63) is 11.7 Å². The molecule has 0 saturated carbocycles. The van der Waals surface area contributed by atoms with Crippen LogP contribution >= 0.6 is 0 Å². The Morgan fingerprint density at radius 2 is 2.16 bits per heavy atom. The highest BCUT2D eigenvalue weighted by Crippen LogP contribution is 2.23. The summed E-state index contributed by atoms with van der Waals surface area (Å²) in [5.41, 5.74) is -0.611. The van der Waals surface area contributed by atoms with Crippen molar-refractivity contribution in [1.82, 2.24) is 19.9 Å². The number of aromatic nitrogens is 2. The van der Waals surface area contributed by atoms with Crippen LogP contribution in [0.15, 0.2) is 4.52 Å². The van der Waals surface area contributed by atoms with Gasteiger partial charge in [-0.1, -0.05) is 5.16 Å². The SMILES string of the molecule is Cc1noc(C2CN(CCC(C)(C)O)CCN2C)n1. The number of aliphatic hydroxyl groups is 1. The van der Waals surface area contributed by atoms with Crippen molar-refractivity contribution >= 4 is 0 Å². The number of rotatable bonds is 4. The zero-order valence-electron chi connectivity index (χ0n) is 12.3. The first-order valence-electron chi connectivity index (χ1n) is 6.80. The molecule has 0 radical (unpaired) electrons. The van der Waals surface area contributed by atoms with Gasteiger partial charge in [-0.25, -0.2) is 0 Å². The monoisotopic (exact) mass is 268 g/mol. The average molecular weight is 268 g/mol. The lowest BCUT2D eigenvalue weighted by Gasteiger charge is -2.38. The van der Waals surface area contributed by atoms with E-state index in [2.05, 4.69) is 27.0 Å². The van der Waals surface area contributed by atoms with E-state index in [9.17, 15) is 5.11 Å². The van der Waals surface area contributed by atoms with Gasteiger partial charge >= 0.3 is 0 Å². The number of likely N-dealkylation sites (N-methyl/N-ethyl adjacent to an activating group) is 1. The summed E-state index contributed by atoms with van der Waals surface area (Å²) in [5.74, 6) is 1.37. The average Bonchev–Trinajstić information content (AvgIpc) is 2.73. The van der Waals surface area contributed by atoms with Gasteiger partial charge in [-0.2, -0.15) is 4.98 Å². The molecule has 0 aromatic carbocycles. The van der Waals surface area contributed by atoms with Crippen molar-refractivity contribution in [3.8, 4) is 0 Å². The van der Waals surface area contributed by atoms with Crippen LogP contribution in [0.3, 0.4) is 0 Å². The van der Waals surface area contributed by atoms with Gasteiger partial charge in [0.05, 0.1) is 5.60 Å². The second-order valence-corrected chi connectivity index (χ2v) is 6.04. The van der Waals surface area contributed by atoms with Crippen LogP contribution in [0, 0.1) is 6.92 Å². The second-order valence-electron chi connectivity index (χ2n) is 6.04. The van der Waals surface area contributed by atoms with Gasteiger partial charge in [0, 0.05) is 26.2 Å². The van der Waals surface area contributed by atoms with Crippen molar-refractivity contribution in [2.24, 2.45) is 0 Å². The van der Waals surface area contributed by atoms with Gasteiger partial charge in [0.25, 0.3) is 0 Å². The molecule has 0 bridgehead atoms. The Labute approximate surface area is 114 Å². The summed E-state index contributed by atoms with van der Waals surface area (Å²) in [6.07, 6.45) is 0.770. The summed E-state index contributed by atoms with van der Waals surface area (Å²) in [7, 11) is 2.08. The summed E-state index contributed by atoms with van der Waals surface area (Å²) in [5, 5.41) is 13.7. The van der Waals surface area contributed by atoms with Crippen molar-refractivity contribution < 1.29 is 9.63 Å². The highest BCUT2D eigenvalue weighted by Gasteiger charge is 2.30. The Hall–Kier alpha value is -0.980. The summed E-state index contributed by atoms with van der Waals surface area (Å²) in [6, 6.07) is 0.150. The molecule has 1 atom stereocenters. The van der Waals surface area contributed by atoms with E-state index in [1.54, 1.807) is 0 Å². The van der Waals surface area contributed by atoms with Crippen molar-refractivity contribution in [3.63, 3.8) is 0 Å². The van der Waals surface area contributed by atoms with E-state index < -0.39 is 5.60 Å². The van der Waals surface area contributed by atoms with E-state index in [1.165, 1.54) is 0 Å². The fourth-order valence-corrected chi connectivity index (χ4v) is 2.28. The lowest BCUT2D eigenvalue weighted by atomic mass is 10.0. The number of aryl methyl sites for hydroxylation is 1. The third-order valence-corrected chi connectivity index (χ3v) is 3.60. The van der Waals surface area contributed by atoms with Crippen LogP contribution in [0.1, 0.15) is 38.0 Å². The standard InChI is InChI=1S/C13H24N4O2/c1-10-14-12(19-15-10)11-9-17(8-7-16(11)4)6-5-13(2,3)18/h11,18H,5-9H2,1-4H3. The Morgan fingerprint density at radius 3 is 2.74 bits per heavy atom. The first-order valence-corrected chi connectivity index (χ1v) is 6.80. The first kappa shape index (κ1) is 14.4. The number of nitrogens with zero attached hydrogens (tertiary/aromatic N) is 4. The Bertz CT molecular complexity index is 413. The third-order valence-electron chi connectivity index (χ3n) is 3.60. The van der Waals surface area contributed by atoms with E-state index in [4.69, 9.17) is 4.52 Å². The van der Waals surface area contributed by atoms with Crippen LogP contribution in [0.5, 0.6) is 0 Å². The molecular formula is C13H24N4O2. The molecular weight excluding hydrogens is 244 g/mol. The van der Waals surface area contributed by atoms with Gasteiger partial charge in [-0.3, -0.25) is 9.80 Å². The molecule has 1 unspecified atom stereocenters. The quantitative estimate of drug-likeness (QED) is 0.872. The molecule has 1 aromatic rings. The minimum absolute atomic E-state index is 0.150. The zero-order valence-corrected chi connectivity index (χ0v) is 12.3. The lowest BCUT2D eigenvalue weighted by Crippen LogP contribution is -2.47. The minimum atomic E-state index is -0.611. The predicted molar refractivity (Wildman–Crippen MR) is 71.8 cm³/mol. The summed E-state index contributed by atoms with van der Waals surface area (Å²) in [4.78, 5) is 8.93. The maximum absolute atomic E-state index is 9.81. The molecule has 19 heavy (non-hydrogen) atoms. The van der Waals surface area contributed by atoms with E-state index >= 15 is 0 Å². The number of piperazine rings is 1. The molecule has 0 spiro atoms. The van der Waals surface area contributed by atoms with E-state index in [0.717, 1.165) is 32.6 Å². The molecule has 6 heteroatoms. The van der Waals surface area contributed by atoms with E-state index in [1.807, 2.05) is 20.8 Å². The normalized spacial score (nSPS) is 22.9. The van der Waals surface area contributed by atoms with Gasteiger partial charge in [-0.15, -0.1) is 0 Å². The van der Waals surface area contributed by atoms with Crippen molar-refractivity contribution in [2.75, 3.05) is 33.2 Å². The highest BCUT2D eigenvalue weighted by atomic mass is 16.5. The fraction of sp³-hybridized carbons (Fsp3) is 0.846. The topological polar surface area (TPSA) is 65.6 Å². The molecule has 1 aliphatic heterocycles. The van der Waals surface area contributed by atoms with E-state index in [0.29, 0.717) is 11.7 Å². The van der Waals surface area contributed by atoms with Gasteiger partial charge in [0.15, 0.2) is 5.82 Å². The van der Waals surface area contributed by atoms with E-state index in [-0.39, 0.29) is 6.04 Å². The fourth-order valence-electron chi connectivity index (χ4n) is 2.28. The van der Waals surface area contributed by atoms with Crippen LogP contribution in [-0.2, 0) is 0 Å². The lowest BCUT2D eigenvalue weighted by molar-refractivity contribution is 0.0331. The third kappa shape index (κ3) is 3.99. The molecule has 108 valence electrons. The summed E-state index contributed by atoms with van der Waals surface area (Å²) in [6.45, 7) is 9.27. The molecule has 6 nitrogen and oxygen atoms in total. The maximum atomic E-state index is 9.81. The van der Waals surface area contributed by atoms with Crippen LogP contribution in [0.2, 0.25) is 0 Å². The minimum Gasteiger partial charge on any atom is -0.390 e. The smallest absolute Gasteiger partial charge is 0.245 e. The number of hydrogen-bond acceptors (Lipinski definition) is 6. The molecule has 0 aliphatic carbocycles. The van der Waals surface area contributed by atoms with Crippen LogP contribution in [0.25, 0.3) is 0 Å². The molecule has 1 aromatic heterocycles. The second kappa shape index (κ2) is 5.56. The Kier molecular flexibility index (Phi) is 4.23. The van der Waals surface area contributed by atoms with Crippen LogP contribution in [0.4, 0.5) is 0 Å². The molecule has 1 aliphatic rings. The molecule has 1 saturated heterocycles. The number of hydrogen-bond donors (Lipinski definition) is 1. The molecule has 2 rings (SSSR count). The van der Waals surface area contributed by atoms with Crippen LogP contribution in [-0.4, -0.2) is 63.9 Å². The zero-order chi connectivity index (χ0) is 14.0. The summed E-state index contributed by atoms with van der Waals surface area (Å²) < 4.78 is 5.29. The first-order chi connectivity index (χ1) is 8.85. The highest BCUT2D eigenvalue weighted by molar-refractivity contribution is 4.96. The maximum Gasteiger partial charge on any atom is 0.245 e. The predicted octanol–water partition coefficient (Wildman–Crippen LogP) is 0.828. The van der Waals surface area contributed by atoms with Gasteiger partial charge in [-0.05, 0) is 34.2 Å². The Balaban J connectivity index is 1.96. The van der Waals surface area contributed by atoms with Gasteiger partial charge < -0.3 is 9.63 Å². The Morgan fingerprint density at radius 1 is 1.42 bits per heavy atom. The van der Waals surface area contributed by atoms with Gasteiger partial charge in [0.1, 0.15) is 6.04 Å². The molecule has 1 N–H and O–H groups in total. The van der Waals surface area contributed by atoms with Crippen molar-refractivity contribution in [1.29, 1.82) is 0 Å². The largest absolute Gasteiger partial charge is 0.390 e. The molecule has 1 fully saturated rings. The summed E-state index contributed by atoms with van der Waals surface area (Å²) >= 11 is 0. The van der Waals surface area contributed by atoms with Gasteiger partial charge in [0.2, 0.25) is 5.89 Å². The van der Waals surface area contributed by atoms with Crippen LogP contribution < -0.4 is 0 Å². The molecule has 0 amide bonds.